The van der Waals surface area contributed by atoms with Crippen molar-refractivity contribution in [3.8, 4) is 5.75 Å². The third-order valence-electron chi connectivity index (χ3n) is 5.36. The second-order valence-electron chi connectivity index (χ2n) is 9.67. The van der Waals surface area contributed by atoms with Crippen LogP contribution in [0.2, 0.25) is 0 Å². The molecule has 0 saturated heterocycles. The molecule has 39 heavy (non-hydrogen) atoms. The van der Waals surface area contributed by atoms with Gasteiger partial charge in [-0.1, -0.05) is 36.4 Å². The highest BCUT2D eigenvalue weighted by atomic mass is 16.6. The lowest BCUT2D eigenvalue weighted by atomic mass is 10.0. The van der Waals surface area contributed by atoms with Crippen LogP contribution in [-0.2, 0) is 36.6 Å². The van der Waals surface area contributed by atoms with Crippen molar-refractivity contribution in [2.75, 3.05) is 27.4 Å². The average molecular weight is 545 g/mol. The number of aliphatic hydroxyl groups is 1. The zero-order valence-corrected chi connectivity index (χ0v) is 22.8. The number of methoxy groups -OCH3 is 2. The number of alkyl carbamates (subject to hydrolysis) is 1. The molecule has 0 aromatic heterocycles. The first-order valence-corrected chi connectivity index (χ1v) is 12.3. The van der Waals surface area contributed by atoms with E-state index in [1.54, 1.807) is 26.8 Å². The maximum atomic E-state index is 13.2. The topological polar surface area (TPSA) is 149 Å². The summed E-state index contributed by atoms with van der Waals surface area (Å²) in [5.74, 6) is -1.71. The molecular formula is C28H36N2O9. The zero-order chi connectivity index (χ0) is 29.0. The molecule has 2 aromatic carbocycles. The van der Waals surface area contributed by atoms with Crippen molar-refractivity contribution >= 4 is 23.9 Å². The van der Waals surface area contributed by atoms with Crippen LogP contribution in [0, 0.1) is 0 Å². The van der Waals surface area contributed by atoms with Crippen molar-refractivity contribution in [1.29, 1.82) is 0 Å². The number of hydrogen-bond donors (Lipinski definition) is 3. The van der Waals surface area contributed by atoms with Crippen molar-refractivity contribution < 1.29 is 43.2 Å². The quantitative estimate of drug-likeness (QED) is 0.270. The van der Waals surface area contributed by atoms with E-state index in [1.165, 1.54) is 26.4 Å². The number of hydrogen-bond acceptors (Lipinski definition) is 9. The van der Waals surface area contributed by atoms with E-state index in [1.807, 2.05) is 30.3 Å². The van der Waals surface area contributed by atoms with Gasteiger partial charge >= 0.3 is 18.0 Å². The maximum Gasteiger partial charge on any atom is 0.408 e. The summed E-state index contributed by atoms with van der Waals surface area (Å²) in [6.07, 6.45) is -0.402. The Morgan fingerprint density at radius 2 is 1.59 bits per heavy atom. The van der Waals surface area contributed by atoms with Gasteiger partial charge in [0.05, 0.1) is 26.9 Å². The van der Waals surface area contributed by atoms with Gasteiger partial charge in [-0.3, -0.25) is 4.79 Å². The van der Waals surface area contributed by atoms with Gasteiger partial charge in [0.1, 0.15) is 23.0 Å². The van der Waals surface area contributed by atoms with E-state index in [-0.39, 0.29) is 24.2 Å². The van der Waals surface area contributed by atoms with Gasteiger partial charge in [-0.25, -0.2) is 14.4 Å². The highest BCUT2D eigenvalue weighted by Gasteiger charge is 2.27. The minimum absolute atomic E-state index is 0.0652. The minimum atomic E-state index is -0.976. The molecule has 0 aliphatic heterocycles. The molecule has 0 saturated carbocycles. The van der Waals surface area contributed by atoms with Gasteiger partial charge in [0.2, 0.25) is 5.91 Å². The predicted octanol–water partition coefficient (Wildman–Crippen LogP) is 2.18. The van der Waals surface area contributed by atoms with Crippen LogP contribution in [0.25, 0.3) is 0 Å². The number of ether oxygens (including phenoxy) is 4. The van der Waals surface area contributed by atoms with Crippen molar-refractivity contribution in [2.24, 2.45) is 0 Å². The van der Waals surface area contributed by atoms with E-state index >= 15 is 0 Å². The Labute approximate surface area is 227 Å². The summed E-state index contributed by atoms with van der Waals surface area (Å²) >= 11 is 0. The summed E-state index contributed by atoms with van der Waals surface area (Å²) in [6.45, 7) is 4.34. The first-order valence-electron chi connectivity index (χ1n) is 12.3. The first kappa shape index (κ1) is 31.1. The van der Waals surface area contributed by atoms with Crippen molar-refractivity contribution in [3.63, 3.8) is 0 Å². The summed E-state index contributed by atoms with van der Waals surface area (Å²) in [4.78, 5) is 49.4. The Morgan fingerprint density at radius 3 is 2.18 bits per heavy atom. The zero-order valence-electron chi connectivity index (χ0n) is 22.8. The molecule has 11 nitrogen and oxygen atoms in total. The number of nitrogens with one attached hydrogen (secondary N) is 2. The third-order valence-corrected chi connectivity index (χ3v) is 5.36. The van der Waals surface area contributed by atoms with Crippen LogP contribution in [0.15, 0.2) is 48.5 Å². The Bertz CT molecular complexity index is 1130. The van der Waals surface area contributed by atoms with Crippen LogP contribution >= 0.6 is 0 Å². The Balaban J connectivity index is 2.19. The van der Waals surface area contributed by atoms with E-state index in [0.717, 1.165) is 5.56 Å². The van der Waals surface area contributed by atoms with Crippen molar-refractivity contribution in [3.05, 3.63) is 65.2 Å². The number of esters is 2. The van der Waals surface area contributed by atoms with Gasteiger partial charge < -0.3 is 34.7 Å². The van der Waals surface area contributed by atoms with Gasteiger partial charge in [0.15, 0.2) is 6.61 Å². The van der Waals surface area contributed by atoms with Gasteiger partial charge in [-0.05, 0) is 50.5 Å². The Morgan fingerprint density at radius 1 is 0.897 bits per heavy atom. The highest BCUT2D eigenvalue weighted by Crippen LogP contribution is 2.22. The summed E-state index contributed by atoms with van der Waals surface area (Å²) in [6, 6.07) is 12.1. The van der Waals surface area contributed by atoms with Crippen LogP contribution in [0.4, 0.5) is 4.79 Å². The fourth-order valence-corrected chi connectivity index (χ4v) is 3.55. The van der Waals surface area contributed by atoms with Crippen LogP contribution < -0.4 is 15.4 Å². The number of carbonyl (C=O) groups is 4. The van der Waals surface area contributed by atoms with Crippen LogP contribution in [0.1, 0.15) is 42.3 Å². The molecule has 2 aromatic rings. The summed E-state index contributed by atoms with van der Waals surface area (Å²) in [7, 11) is 2.42. The lowest BCUT2D eigenvalue weighted by Gasteiger charge is -2.25. The fourth-order valence-electron chi connectivity index (χ4n) is 3.55. The van der Waals surface area contributed by atoms with E-state index < -0.39 is 54.8 Å². The molecule has 2 atom stereocenters. The molecule has 212 valence electrons. The number of aliphatic hydroxyl groups excluding tert-OH is 1. The average Bonchev–Trinajstić information content (AvgIpc) is 2.90. The Hall–Kier alpha value is -4.12. The molecule has 0 bridgehead atoms. The normalized spacial score (nSPS) is 12.5. The van der Waals surface area contributed by atoms with E-state index in [2.05, 4.69) is 15.4 Å². The molecule has 0 heterocycles. The van der Waals surface area contributed by atoms with Crippen LogP contribution in [-0.4, -0.2) is 74.2 Å². The monoisotopic (exact) mass is 544 g/mol. The SMILES string of the molecule is COC(=O)COc1ccc(C[C@@H](CO)NC(=O)C(Cc2ccccc2)NC(=O)OC(C)(C)C)cc1C(=O)OC. The molecule has 0 aliphatic carbocycles. The minimum Gasteiger partial charge on any atom is -0.481 e. The van der Waals surface area contributed by atoms with Crippen molar-refractivity contribution in [2.45, 2.75) is 51.3 Å². The molecule has 11 heteroatoms. The summed E-state index contributed by atoms with van der Waals surface area (Å²) in [5, 5.41) is 15.4. The van der Waals surface area contributed by atoms with E-state index in [0.29, 0.717) is 5.56 Å². The smallest absolute Gasteiger partial charge is 0.408 e. The number of amides is 2. The van der Waals surface area contributed by atoms with Gasteiger partial charge in [0, 0.05) is 6.42 Å². The van der Waals surface area contributed by atoms with Crippen molar-refractivity contribution in [1.82, 2.24) is 10.6 Å². The van der Waals surface area contributed by atoms with Crippen LogP contribution in [0.5, 0.6) is 5.75 Å². The predicted molar refractivity (Wildman–Crippen MR) is 141 cm³/mol. The fraction of sp³-hybridized carbons (Fsp3) is 0.429. The lowest BCUT2D eigenvalue weighted by molar-refractivity contribution is -0.142. The number of benzene rings is 2. The molecule has 2 amide bonds. The molecule has 0 radical (unpaired) electrons. The van der Waals surface area contributed by atoms with Gasteiger partial charge in [-0.2, -0.15) is 0 Å². The molecule has 0 aliphatic rings. The lowest BCUT2D eigenvalue weighted by Crippen LogP contribution is -2.52. The van der Waals surface area contributed by atoms with E-state index in [4.69, 9.17) is 14.2 Å². The summed E-state index contributed by atoms with van der Waals surface area (Å²) in [5.41, 5.74) is 0.713. The first-order chi connectivity index (χ1) is 18.4. The number of carbonyl (C=O) groups excluding carboxylic acids is 4. The van der Waals surface area contributed by atoms with Crippen LogP contribution in [0.3, 0.4) is 0 Å². The second kappa shape index (κ2) is 14.7. The maximum absolute atomic E-state index is 13.2. The standard InChI is InChI=1S/C28H36N2O9/c1-28(2,3)39-27(35)30-22(15-18-9-7-6-8-10-18)25(33)29-20(16-31)13-19-11-12-23(38-17-24(32)36-4)21(14-19)26(34)37-5/h6-12,14,20,22,31H,13,15-17H2,1-5H3,(H,29,33)(H,30,35)/t20-,22?/m0/s1. The third kappa shape index (κ3) is 10.6. The molecule has 1 unspecified atom stereocenters. The van der Waals surface area contributed by atoms with Gasteiger partial charge in [-0.15, -0.1) is 0 Å². The largest absolute Gasteiger partial charge is 0.481 e. The molecule has 0 fully saturated rings. The van der Waals surface area contributed by atoms with Gasteiger partial charge in [0.25, 0.3) is 0 Å². The van der Waals surface area contributed by atoms with E-state index in [9.17, 15) is 24.3 Å². The molecule has 0 spiro atoms. The molecule has 2 rings (SSSR count). The number of rotatable bonds is 12. The Kier molecular flexibility index (Phi) is 11.7. The molecule has 3 N–H and O–H groups in total. The molecular weight excluding hydrogens is 508 g/mol. The second-order valence-corrected chi connectivity index (χ2v) is 9.67. The highest BCUT2D eigenvalue weighted by molar-refractivity contribution is 5.93. The summed E-state index contributed by atoms with van der Waals surface area (Å²) < 4.78 is 20.1.